The van der Waals surface area contributed by atoms with Gasteiger partial charge >= 0.3 is 0 Å². The summed E-state index contributed by atoms with van der Waals surface area (Å²) in [6.45, 7) is 4.34. The molecule has 1 saturated heterocycles. The molecule has 3 atom stereocenters. The molecule has 0 bridgehead atoms. The van der Waals surface area contributed by atoms with E-state index in [1.807, 2.05) is 30.5 Å². The maximum absolute atomic E-state index is 5.95. The normalized spacial score (nSPS) is 26.1. The molecule has 0 spiro atoms. The summed E-state index contributed by atoms with van der Waals surface area (Å²) in [6, 6.07) is 13.1. The third-order valence-electron chi connectivity index (χ3n) is 5.29. The van der Waals surface area contributed by atoms with Crippen molar-refractivity contribution in [3.63, 3.8) is 0 Å². The Morgan fingerprint density at radius 2 is 2.04 bits per heavy atom. The highest BCUT2D eigenvalue weighted by Crippen LogP contribution is 2.40. The van der Waals surface area contributed by atoms with Gasteiger partial charge in [-0.2, -0.15) is 0 Å². The van der Waals surface area contributed by atoms with Crippen molar-refractivity contribution in [2.75, 3.05) is 26.2 Å². The van der Waals surface area contributed by atoms with Crippen molar-refractivity contribution < 1.29 is 0 Å². The Hall–Kier alpha value is -1.46. The third-order valence-corrected chi connectivity index (χ3v) is 5.54. The van der Waals surface area contributed by atoms with Crippen LogP contribution < -0.4 is 11.1 Å². The van der Waals surface area contributed by atoms with E-state index < -0.39 is 0 Å². The van der Waals surface area contributed by atoms with Gasteiger partial charge in [-0.05, 0) is 43.1 Å². The monoisotopic (exact) mass is 356 g/mol. The highest BCUT2D eigenvalue weighted by Gasteiger charge is 2.38. The van der Waals surface area contributed by atoms with Gasteiger partial charge in [-0.15, -0.1) is 0 Å². The Bertz CT molecular complexity index is 701. The maximum atomic E-state index is 5.95. The minimum Gasteiger partial charge on any atom is -0.326 e. The van der Waals surface area contributed by atoms with Gasteiger partial charge in [0, 0.05) is 54.4 Å². The van der Waals surface area contributed by atoms with Crippen LogP contribution in [0.4, 0.5) is 0 Å². The second-order valence-electron chi connectivity index (χ2n) is 7.24. The first-order valence-electron chi connectivity index (χ1n) is 9.12. The number of aromatic nitrogens is 1. The van der Waals surface area contributed by atoms with Gasteiger partial charge in [-0.25, -0.2) is 0 Å². The zero-order valence-corrected chi connectivity index (χ0v) is 15.1. The minimum absolute atomic E-state index is 0.374. The maximum Gasteiger partial charge on any atom is 0.0702 e. The molecular formula is C20H25ClN4. The molecular weight excluding hydrogens is 332 g/mol. The zero-order valence-electron chi connectivity index (χ0n) is 14.4. The van der Waals surface area contributed by atoms with Crippen molar-refractivity contribution in [2.24, 2.45) is 5.73 Å². The van der Waals surface area contributed by atoms with Crippen LogP contribution >= 0.6 is 11.6 Å². The molecule has 4 nitrogen and oxygen atoms in total. The van der Waals surface area contributed by atoms with Crippen molar-refractivity contribution in [1.29, 1.82) is 0 Å². The van der Waals surface area contributed by atoms with Gasteiger partial charge in [0.15, 0.2) is 0 Å². The van der Waals surface area contributed by atoms with Gasteiger partial charge in [0.1, 0.15) is 0 Å². The Morgan fingerprint density at radius 3 is 2.72 bits per heavy atom. The van der Waals surface area contributed by atoms with Crippen LogP contribution in [-0.2, 0) is 0 Å². The average Bonchev–Trinajstić information content (AvgIpc) is 3.28. The molecule has 2 aliphatic rings. The van der Waals surface area contributed by atoms with Crippen molar-refractivity contribution in [3.8, 4) is 11.3 Å². The molecule has 1 aliphatic heterocycles. The van der Waals surface area contributed by atoms with Crippen LogP contribution in [0.5, 0.6) is 0 Å². The number of pyridine rings is 1. The predicted molar refractivity (Wildman–Crippen MR) is 103 cm³/mol. The predicted octanol–water partition coefficient (Wildman–Crippen LogP) is 2.88. The second kappa shape index (κ2) is 7.42. The number of benzene rings is 1. The van der Waals surface area contributed by atoms with E-state index in [-0.39, 0.29) is 0 Å². The first-order chi connectivity index (χ1) is 12.2. The van der Waals surface area contributed by atoms with Crippen molar-refractivity contribution in [3.05, 3.63) is 53.2 Å². The molecule has 4 rings (SSSR count). The Balaban J connectivity index is 1.26. The topological polar surface area (TPSA) is 54.2 Å². The molecule has 0 amide bonds. The van der Waals surface area contributed by atoms with Crippen LogP contribution in [-0.4, -0.2) is 48.1 Å². The highest BCUT2D eigenvalue weighted by molar-refractivity contribution is 6.30. The Morgan fingerprint density at radius 1 is 1.20 bits per heavy atom. The number of rotatable bonds is 6. The van der Waals surface area contributed by atoms with Crippen molar-refractivity contribution in [1.82, 2.24) is 15.2 Å². The fraction of sp³-hybridized carbons (Fsp3) is 0.450. The van der Waals surface area contributed by atoms with Crippen molar-refractivity contribution >= 4 is 11.6 Å². The Labute approximate surface area is 154 Å². The summed E-state index contributed by atoms with van der Waals surface area (Å²) in [6.07, 6.45) is 4.37. The number of likely N-dealkylation sites (tertiary alicyclic amines) is 1. The number of hydrogen-bond acceptors (Lipinski definition) is 4. The van der Waals surface area contributed by atoms with E-state index in [9.17, 15) is 0 Å². The molecule has 0 unspecified atom stereocenters. The molecule has 2 heterocycles. The zero-order chi connectivity index (χ0) is 17.2. The van der Waals surface area contributed by atoms with Crippen LogP contribution in [0.2, 0.25) is 5.02 Å². The van der Waals surface area contributed by atoms with E-state index >= 15 is 0 Å². The van der Waals surface area contributed by atoms with Crippen LogP contribution in [0.1, 0.15) is 24.3 Å². The number of nitrogens with zero attached hydrogens (tertiary/aromatic N) is 2. The molecule has 1 aromatic heterocycles. The standard InChI is InChI=1S/C20H25ClN4/c21-16-4-1-14(2-5-16)19-6-3-15(12-24-19)18-11-20(18)23-8-10-25-9-7-17(22)13-25/h1-6,12,17-18,20,23H,7-11,13,22H2/t17-,18+,20-/m1/s1. The molecule has 2 fully saturated rings. The smallest absolute Gasteiger partial charge is 0.0702 e. The number of nitrogens with two attached hydrogens (primary N) is 1. The molecule has 25 heavy (non-hydrogen) atoms. The SMILES string of the molecule is N[C@@H]1CCN(CCN[C@@H]2C[C@H]2c2ccc(-c3ccc(Cl)cc3)nc2)C1. The number of hydrogen-bond donors (Lipinski definition) is 2. The molecule has 1 saturated carbocycles. The average molecular weight is 357 g/mol. The highest BCUT2D eigenvalue weighted by atomic mass is 35.5. The molecule has 1 aromatic carbocycles. The van der Waals surface area contributed by atoms with Crippen molar-refractivity contribution in [2.45, 2.75) is 30.8 Å². The lowest BCUT2D eigenvalue weighted by Gasteiger charge is -2.15. The molecule has 3 N–H and O–H groups in total. The van der Waals surface area contributed by atoms with E-state index in [1.165, 1.54) is 12.0 Å². The van der Waals surface area contributed by atoms with E-state index in [0.717, 1.165) is 48.9 Å². The van der Waals surface area contributed by atoms with Gasteiger partial charge in [0.25, 0.3) is 0 Å². The van der Waals surface area contributed by atoms with Gasteiger partial charge in [-0.3, -0.25) is 4.98 Å². The minimum atomic E-state index is 0.374. The molecule has 0 radical (unpaired) electrons. The molecule has 2 aromatic rings. The first-order valence-corrected chi connectivity index (χ1v) is 9.50. The van der Waals surface area contributed by atoms with Crippen LogP contribution in [0.3, 0.4) is 0 Å². The van der Waals surface area contributed by atoms with E-state index in [2.05, 4.69) is 27.3 Å². The summed E-state index contributed by atoms with van der Waals surface area (Å²) in [5, 5.41) is 4.43. The van der Waals surface area contributed by atoms with Crippen LogP contribution in [0.25, 0.3) is 11.3 Å². The summed E-state index contributed by atoms with van der Waals surface area (Å²) in [5.41, 5.74) is 9.38. The lowest BCUT2D eigenvalue weighted by atomic mass is 10.1. The second-order valence-corrected chi connectivity index (χ2v) is 7.67. The van der Waals surface area contributed by atoms with Gasteiger partial charge in [0.05, 0.1) is 5.69 Å². The van der Waals surface area contributed by atoms with E-state index in [4.69, 9.17) is 17.3 Å². The van der Waals surface area contributed by atoms with Gasteiger partial charge < -0.3 is 16.0 Å². The fourth-order valence-electron chi connectivity index (χ4n) is 3.68. The van der Waals surface area contributed by atoms with E-state index in [1.54, 1.807) is 0 Å². The van der Waals surface area contributed by atoms with Crippen LogP contribution in [0.15, 0.2) is 42.6 Å². The van der Waals surface area contributed by atoms with Gasteiger partial charge in [0.2, 0.25) is 0 Å². The summed E-state index contributed by atoms with van der Waals surface area (Å²) in [7, 11) is 0. The van der Waals surface area contributed by atoms with Crippen LogP contribution in [0, 0.1) is 0 Å². The lowest BCUT2D eigenvalue weighted by molar-refractivity contribution is 0.331. The quantitative estimate of drug-likeness (QED) is 0.835. The lowest BCUT2D eigenvalue weighted by Crippen LogP contribution is -2.33. The van der Waals surface area contributed by atoms with E-state index in [0.29, 0.717) is 18.0 Å². The number of nitrogens with one attached hydrogen (secondary N) is 1. The summed E-state index contributed by atoms with van der Waals surface area (Å²) < 4.78 is 0. The molecule has 5 heteroatoms. The molecule has 1 aliphatic carbocycles. The summed E-state index contributed by atoms with van der Waals surface area (Å²) in [5.74, 6) is 0.604. The fourth-order valence-corrected chi connectivity index (χ4v) is 3.80. The van der Waals surface area contributed by atoms with Gasteiger partial charge in [-0.1, -0.05) is 29.8 Å². The summed E-state index contributed by atoms with van der Waals surface area (Å²) >= 11 is 5.94. The summed E-state index contributed by atoms with van der Waals surface area (Å²) in [4.78, 5) is 7.09. The Kier molecular flexibility index (Phi) is 5.04. The number of halogens is 1. The largest absolute Gasteiger partial charge is 0.326 e. The molecule has 132 valence electrons. The first kappa shape index (κ1) is 17.0. The third kappa shape index (κ3) is 4.21.